The molecule has 0 N–H and O–H groups in total. The average molecular weight is 1170 g/mol. The zero-order valence-electron chi connectivity index (χ0n) is 55.0. The van der Waals surface area contributed by atoms with Crippen LogP contribution < -0.4 is 0 Å². The Labute approximate surface area is 537 Å². The minimum atomic E-state index is -0.780. The van der Waals surface area contributed by atoms with Crippen molar-refractivity contribution in [2.75, 3.05) is 0 Å². The summed E-state index contributed by atoms with van der Waals surface area (Å²) >= 11 is 0. The lowest BCUT2D eigenvalue weighted by molar-refractivity contribution is 0.590. The number of aryl methyl sites for hydroxylation is 1. The van der Waals surface area contributed by atoms with Crippen LogP contribution in [0.15, 0.2) is 273 Å². The first-order chi connectivity index (χ1) is 43.0. The van der Waals surface area contributed by atoms with E-state index in [0.29, 0.717) is 0 Å². The van der Waals surface area contributed by atoms with Crippen molar-refractivity contribution in [3.63, 3.8) is 0 Å². The molecule has 0 saturated carbocycles. The number of benzene rings is 12. The fourth-order valence-electron chi connectivity index (χ4n) is 13.8. The van der Waals surface area contributed by atoms with Crippen LogP contribution in [0.5, 0.6) is 0 Å². The Bertz CT molecular complexity index is 4260. The van der Waals surface area contributed by atoms with Gasteiger partial charge in [-0.2, -0.15) is 0 Å². The third-order valence-corrected chi connectivity index (χ3v) is 19.2. The van der Waals surface area contributed by atoms with Crippen molar-refractivity contribution in [3.8, 4) is 100 Å². The van der Waals surface area contributed by atoms with Crippen molar-refractivity contribution in [1.29, 1.82) is 0 Å². The van der Waals surface area contributed by atoms with Crippen LogP contribution in [0.25, 0.3) is 100 Å². The summed E-state index contributed by atoms with van der Waals surface area (Å²) in [5.41, 5.74) is 32.6. The summed E-state index contributed by atoms with van der Waals surface area (Å²) in [5, 5.41) is 0. The van der Waals surface area contributed by atoms with Crippen LogP contribution in [0.2, 0.25) is 0 Å². The summed E-state index contributed by atoms with van der Waals surface area (Å²) < 4.78 is 0. The maximum atomic E-state index is 2.52. The molecular formula is C90H84. The highest BCUT2D eigenvalue weighted by Crippen LogP contribution is 2.60. The van der Waals surface area contributed by atoms with Crippen molar-refractivity contribution in [2.24, 2.45) is 0 Å². The summed E-state index contributed by atoms with van der Waals surface area (Å²) in [7, 11) is 0. The Morgan fingerprint density at radius 3 is 0.911 bits per heavy atom. The van der Waals surface area contributed by atoms with Crippen LogP contribution in [0, 0.1) is 6.92 Å². The second-order valence-electron chi connectivity index (χ2n) is 29.5. The maximum Gasteiger partial charge on any atom is 0.0714 e. The molecule has 1 aliphatic rings. The maximum absolute atomic E-state index is 2.52. The topological polar surface area (TPSA) is 0 Å². The Balaban J connectivity index is 1.08. The highest BCUT2D eigenvalue weighted by atomic mass is 14.5. The Morgan fingerprint density at radius 2 is 0.522 bits per heavy atom. The van der Waals surface area contributed by atoms with Crippen LogP contribution in [0.1, 0.15) is 133 Å². The Kier molecular flexibility index (Phi) is 15.2. The molecule has 0 nitrogen and oxygen atoms in total. The Morgan fingerprint density at radius 1 is 0.211 bits per heavy atom. The molecule has 13 rings (SSSR count). The van der Waals surface area contributed by atoms with Gasteiger partial charge in [-0.3, -0.25) is 0 Å². The summed E-state index contributed by atoms with van der Waals surface area (Å²) in [4.78, 5) is 0. The highest BCUT2D eigenvalue weighted by molar-refractivity contribution is 5.98. The van der Waals surface area contributed by atoms with Crippen LogP contribution in [-0.2, 0) is 27.1 Å². The highest BCUT2D eigenvalue weighted by Gasteiger charge is 2.48. The number of rotatable bonds is 10. The molecule has 12 aromatic carbocycles. The van der Waals surface area contributed by atoms with E-state index < -0.39 is 5.41 Å². The van der Waals surface area contributed by atoms with Gasteiger partial charge in [0, 0.05) is 0 Å². The van der Waals surface area contributed by atoms with Gasteiger partial charge >= 0.3 is 0 Å². The lowest BCUT2D eigenvalue weighted by Gasteiger charge is -2.35. The van der Waals surface area contributed by atoms with Crippen LogP contribution in [-0.4, -0.2) is 0 Å². The first kappa shape index (κ1) is 59.6. The van der Waals surface area contributed by atoms with Crippen LogP contribution >= 0.6 is 0 Å². The van der Waals surface area contributed by atoms with Gasteiger partial charge in [-0.1, -0.05) is 301 Å². The summed E-state index contributed by atoms with van der Waals surface area (Å²) in [6.07, 6.45) is 0. The van der Waals surface area contributed by atoms with Gasteiger partial charge in [0.15, 0.2) is 0 Å². The third kappa shape index (κ3) is 11.3. The van der Waals surface area contributed by atoms with E-state index in [2.05, 4.69) is 363 Å². The molecule has 0 heterocycles. The molecule has 1 aliphatic carbocycles. The van der Waals surface area contributed by atoms with Gasteiger partial charge in [0.25, 0.3) is 0 Å². The summed E-state index contributed by atoms with van der Waals surface area (Å²) in [5.74, 6) is 0. The van der Waals surface area contributed by atoms with Crippen molar-refractivity contribution >= 4 is 0 Å². The fraction of sp³-hybridized carbons (Fsp3) is 0.200. The second kappa shape index (κ2) is 22.9. The van der Waals surface area contributed by atoms with Gasteiger partial charge < -0.3 is 0 Å². The van der Waals surface area contributed by atoms with E-state index in [0.717, 1.165) is 0 Å². The first-order valence-electron chi connectivity index (χ1n) is 32.4. The van der Waals surface area contributed by atoms with E-state index >= 15 is 0 Å². The summed E-state index contributed by atoms with van der Waals surface area (Å²) in [6, 6.07) is 105. The standard InChI is InChI=1S/C90H84/c1-59-22-17-18-29-80(59)81-30-21-31-83-85(81)82-49-40-67(60-23-15-14-16-24-60)58-84(82)90(83,78-27-19-25-65(56-78)72-52-68(61-32-41-74(42-33-61)86(2,3)4)50-69(53-72)62-34-43-75(44-35-62)87(5,6)7)79-28-20-26-66(57-79)73-54-70(63-36-45-76(46-37-63)88(8,9)10)51-71(55-73)64-38-47-77(48-39-64)89(11,12)13/h14-58H,1-13H3. The van der Waals surface area contributed by atoms with Crippen LogP contribution in [0.4, 0.5) is 0 Å². The molecule has 0 unspecified atom stereocenters. The molecule has 0 aromatic heterocycles. The second-order valence-corrected chi connectivity index (χ2v) is 29.5. The van der Waals surface area contributed by atoms with E-state index in [1.165, 1.54) is 150 Å². The molecule has 444 valence electrons. The van der Waals surface area contributed by atoms with Crippen molar-refractivity contribution < 1.29 is 0 Å². The molecule has 0 heteroatoms. The number of hydrogen-bond donors (Lipinski definition) is 0. The summed E-state index contributed by atoms with van der Waals surface area (Å²) in [6.45, 7) is 29.8. The van der Waals surface area contributed by atoms with Gasteiger partial charge in [-0.15, -0.1) is 0 Å². The molecule has 0 spiro atoms. The van der Waals surface area contributed by atoms with Gasteiger partial charge in [0.1, 0.15) is 0 Å². The zero-order chi connectivity index (χ0) is 62.9. The largest absolute Gasteiger partial charge is 0.0714 e. The molecule has 0 fully saturated rings. The molecule has 12 aromatic rings. The number of hydrogen-bond acceptors (Lipinski definition) is 0. The third-order valence-electron chi connectivity index (χ3n) is 19.2. The molecule has 0 saturated heterocycles. The Hall–Kier alpha value is -9.36. The number of fused-ring (bicyclic) bond motifs is 3. The first-order valence-corrected chi connectivity index (χ1v) is 32.4. The van der Waals surface area contributed by atoms with Crippen molar-refractivity contribution in [2.45, 2.75) is 117 Å². The molecule has 0 amide bonds. The lowest BCUT2D eigenvalue weighted by Crippen LogP contribution is -2.29. The smallest absolute Gasteiger partial charge is 0.0622 e. The van der Waals surface area contributed by atoms with Gasteiger partial charge in [-0.25, -0.2) is 0 Å². The van der Waals surface area contributed by atoms with E-state index in [9.17, 15) is 0 Å². The van der Waals surface area contributed by atoms with Crippen molar-refractivity contribution in [3.05, 3.63) is 323 Å². The zero-order valence-corrected chi connectivity index (χ0v) is 55.0. The fourth-order valence-corrected chi connectivity index (χ4v) is 13.8. The molecule has 0 aliphatic heterocycles. The minimum absolute atomic E-state index is 0.0428. The van der Waals surface area contributed by atoms with E-state index in [4.69, 9.17) is 0 Å². The predicted octanol–water partition coefficient (Wildman–Crippen LogP) is 24.9. The molecule has 0 radical (unpaired) electrons. The quantitative estimate of drug-likeness (QED) is 0.128. The van der Waals surface area contributed by atoms with Crippen LogP contribution in [0.3, 0.4) is 0 Å². The molecule has 0 bridgehead atoms. The van der Waals surface area contributed by atoms with E-state index in [-0.39, 0.29) is 21.7 Å². The van der Waals surface area contributed by atoms with Crippen molar-refractivity contribution in [1.82, 2.24) is 0 Å². The normalized spacial score (nSPS) is 13.0. The predicted molar refractivity (Wildman–Crippen MR) is 387 cm³/mol. The molecular weight excluding hydrogens is 1080 g/mol. The molecule has 0 atom stereocenters. The van der Waals surface area contributed by atoms with Gasteiger partial charge in [0.2, 0.25) is 0 Å². The van der Waals surface area contributed by atoms with E-state index in [1.54, 1.807) is 0 Å². The van der Waals surface area contributed by atoms with Gasteiger partial charge in [0.05, 0.1) is 5.41 Å². The monoisotopic (exact) mass is 1160 g/mol. The minimum Gasteiger partial charge on any atom is -0.0622 e. The van der Waals surface area contributed by atoms with Gasteiger partial charge in [-0.05, 0) is 233 Å². The SMILES string of the molecule is Cc1ccccc1-c1cccc2c1-c1ccc(-c3ccccc3)cc1C2(c1cccc(-c2cc(-c3ccc(C(C)(C)C)cc3)cc(-c3ccc(C(C)(C)C)cc3)c2)c1)c1cccc(-c2cc(-c3ccc(C(C)(C)C)cc3)cc(-c3ccc(C(C)(C)C)cc3)c2)c1. The average Bonchev–Trinajstić information content (AvgIpc) is 1.52. The lowest BCUT2D eigenvalue weighted by atomic mass is 9.66. The van der Waals surface area contributed by atoms with E-state index in [1.807, 2.05) is 0 Å². The molecule has 90 heavy (non-hydrogen) atoms.